The lowest BCUT2D eigenvalue weighted by molar-refractivity contribution is 0.0774. The first-order chi connectivity index (χ1) is 11.1. The van der Waals surface area contributed by atoms with Crippen LogP contribution in [-0.2, 0) is 7.05 Å². The number of aryl methyl sites for hydroxylation is 2. The van der Waals surface area contributed by atoms with Gasteiger partial charge in [-0.3, -0.25) is 9.48 Å². The van der Waals surface area contributed by atoms with Crippen molar-refractivity contribution in [3.63, 3.8) is 0 Å². The minimum atomic E-state index is 0.0759. The van der Waals surface area contributed by atoms with E-state index >= 15 is 0 Å². The summed E-state index contributed by atoms with van der Waals surface area (Å²) in [5, 5.41) is 4.07. The average molecular weight is 313 g/mol. The van der Waals surface area contributed by atoms with Crippen molar-refractivity contribution in [1.29, 1.82) is 0 Å². The molecule has 1 aliphatic rings. The Labute approximate surface area is 136 Å². The zero-order valence-corrected chi connectivity index (χ0v) is 13.7. The Hall–Kier alpha value is -2.30. The minimum Gasteiger partial charge on any atom is -0.494 e. The van der Waals surface area contributed by atoms with E-state index < -0.39 is 0 Å². The lowest BCUT2D eigenvalue weighted by atomic mass is 10.1. The van der Waals surface area contributed by atoms with Gasteiger partial charge in [-0.2, -0.15) is 5.10 Å². The van der Waals surface area contributed by atoms with E-state index in [-0.39, 0.29) is 5.91 Å². The number of carbonyl (C=O) groups excluding carboxylic acids is 1. The van der Waals surface area contributed by atoms with Gasteiger partial charge in [0.05, 0.1) is 6.61 Å². The number of carbonyl (C=O) groups is 1. The number of benzene rings is 1. The summed E-state index contributed by atoms with van der Waals surface area (Å²) >= 11 is 0. The Bertz CT molecular complexity index is 663. The van der Waals surface area contributed by atoms with Gasteiger partial charge in [0, 0.05) is 26.3 Å². The van der Waals surface area contributed by atoms with Crippen molar-refractivity contribution >= 4 is 5.91 Å². The number of aromatic nitrogens is 2. The molecule has 1 amide bonds. The first-order valence-corrected chi connectivity index (χ1v) is 8.10. The number of hydrogen-bond donors (Lipinski definition) is 0. The van der Waals surface area contributed by atoms with Crippen LogP contribution in [0.25, 0.3) is 0 Å². The van der Waals surface area contributed by atoms with Crippen molar-refractivity contribution in [2.45, 2.75) is 19.8 Å². The molecule has 1 saturated heterocycles. The predicted molar refractivity (Wildman–Crippen MR) is 88.5 cm³/mol. The monoisotopic (exact) mass is 313 g/mol. The standard InChI is InChI=1S/C18H23N3O2/c1-14-3-5-16(6-4-14)23-12-9-15-8-11-21(13-15)18(22)17-7-10-19-20(17)2/h3-7,10,15H,8-9,11-13H2,1-2H3. The molecule has 0 spiro atoms. The Morgan fingerprint density at radius 1 is 1.30 bits per heavy atom. The number of amides is 1. The van der Waals surface area contributed by atoms with Gasteiger partial charge in [0.25, 0.3) is 5.91 Å². The first-order valence-electron chi connectivity index (χ1n) is 8.10. The summed E-state index contributed by atoms with van der Waals surface area (Å²) in [5.74, 6) is 1.50. The van der Waals surface area contributed by atoms with Gasteiger partial charge >= 0.3 is 0 Å². The topological polar surface area (TPSA) is 47.4 Å². The summed E-state index contributed by atoms with van der Waals surface area (Å²) in [7, 11) is 1.80. The van der Waals surface area contributed by atoms with E-state index in [1.54, 1.807) is 24.0 Å². The fraction of sp³-hybridized carbons (Fsp3) is 0.444. The number of hydrogen-bond acceptors (Lipinski definition) is 3. The molecule has 23 heavy (non-hydrogen) atoms. The van der Waals surface area contributed by atoms with Crippen LogP contribution < -0.4 is 4.74 Å². The Balaban J connectivity index is 1.46. The molecule has 2 heterocycles. The zero-order chi connectivity index (χ0) is 16.2. The molecule has 1 atom stereocenters. The van der Waals surface area contributed by atoms with Gasteiger partial charge in [-0.15, -0.1) is 0 Å². The van der Waals surface area contributed by atoms with Crippen LogP contribution in [0, 0.1) is 12.8 Å². The van der Waals surface area contributed by atoms with Crippen molar-refractivity contribution in [2.75, 3.05) is 19.7 Å². The van der Waals surface area contributed by atoms with Crippen molar-refractivity contribution in [2.24, 2.45) is 13.0 Å². The summed E-state index contributed by atoms with van der Waals surface area (Å²) in [6.07, 6.45) is 3.68. The van der Waals surface area contributed by atoms with Crippen molar-refractivity contribution in [3.05, 3.63) is 47.8 Å². The molecule has 0 N–H and O–H groups in total. The molecule has 5 heteroatoms. The molecule has 122 valence electrons. The molecule has 5 nitrogen and oxygen atoms in total. The molecule has 0 radical (unpaired) electrons. The Kier molecular flexibility index (Phi) is 4.65. The maximum Gasteiger partial charge on any atom is 0.272 e. The summed E-state index contributed by atoms with van der Waals surface area (Å²) in [5.41, 5.74) is 1.89. The highest BCUT2D eigenvalue weighted by atomic mass is 16.5. The molecule has 0 saturated carbocycles. The Morgan fingerprint density at radius 3 is 2.78 bits per heavy atom. The molecule has 1 aromatic heterocycles. The van der Waals surface area contributed by atoms with Gasteiger partial charge in [0.1, 0.15) is 11.4 Å². The smallest absolute Gasteiger partial charge is 0.272 e. The van der Waals surface area contributed by atoms with Crippen LogP contribution in [0.4, 0.5) is 0 Å². The third-order valence-corrected chi connectivity index (χ3v) is 4.43. The van der Waals surface area contributed by atoms with Crippen LogP contribution in [0.2, 0.25) is 0 Å². The van der Waals surface area contributed by atoms with Crippen LogP contribution in [0.15, 0.2) is 36.5 Å². The van der Waals surface area contributed by atoms with E-state index in [0.29, 0.717) is 18.2 Å². The third kappa shape index (κ3) is 3.73. The number of likely N-dealkylation sites (tertiary alicyclic amines) is 1. The largest absolute Gasteiger partial charge is 0.494 e. The molecule has 2 aromatic rings. The van der Waals surface area contributed by atoms with Crippen molar-refractivity contribution in [3.8, 4) is 5.75 Å². The molecular weight excluding hydrogens is 290 g/mol. The first kappa shape index (κ1) is 15.6. The summed E-state index contributed by atoms with van der Waals surface area (Å²) in [4.78, 5) is 14.4. The van der Waals surface area contributed by atoms with Crippen LogP contribution in [0.3, 0.4) is 0 Å². The second kappa shape index (κ2) is 6.86. The van der Waals surface area contributed by atoms with Crippen LogP contribution in [0.5, 0.6) is 5.75 Å². The predicted octanol–water partition coefficient (Wildman–Crippen LogP) is 2.66. The molecule has 1 unspecified atom stereocenters. The normalized spacial score (nSPS) is 17.5. The van der Waals surface area contributed by atoms with Crippen LogP contribution in [0.1, 0.15) is 28.9 Å². The molecule has 0 bridgehead atoms. The zero-order valence-electron chi connectivity index (χ0n) is 13.7. The van der Waals surface area contributed by atoms with Gasteiger partial charge in [0.15, 0.2) is 0 Å². The lowest BCUT2D eigenvalue weighted by Crippen LogP contribution is -2.30. The highest BCUT2D eigenvalue weighted by Crippen LogP contribution is 2.22. The number of ether oxygens (including phenoxy) is 1. The van der Waals surface area contributed by atoms with Gasteiger partial charge in [-0.25, -0.2) is 0 Å². The fourth-order valence-electron chi connectivity index (χ4n) is 2.98. The second-order valence-corrected chi connectivity index (χ2v) is 6.20. The molecule has 1 aromatic carbocycles. The maximum atomic E-state index is 12.4. The van der Waals surface area contributed by atoms with E-state index in [2.05, 4.69) is 24.2 Å². The number of nitrogens with zero attached hydrogens (tertiary/aromatic N) is 3. The highest BCUT2D eigenvalue weighted by molar-refractivity contribution is 5.92. The van der Waals surface area contributed by atoms with Gasteiger partial charge in [0.2, 0.25) is 0 Å². The van der Waals surface area contributed by atoms with Crippen LogP contribution >= 0.6 is 0 Å². The van der Waals surface area contributed by atoms with Crippen molar-refractivity contribution < 1.29 is 9.53 Å². The summed E-state index contributed by atoms with van der Waals surface area (Å²) in [6, 6.07) is 9.89. The van der Waals surface area contributed by atoms with Gasteiger partial charge < -0.3 is 9.64 Å². The van der Waals surface area contributed by atoms with Crippen LogP contribution in [-0.4, -0.2) is 40.3 Å². The molecule has 1 aliphatic heterocycles. The van der Waals surface area contributed by atoms with E-state index in [0.717, 1.165) is 31.7 Å². The van der Waals surface area contributed by atoms with Gasteiger partial charge in [-0.1, -0.05) is 17.7 Å². The summed E-state index contributed by atoms with van der Waals surface area (Å²) < 4.78 is 7.43. The lowest BCUT2D eigenvalue weighted by Gasteiger charge is -2.16. The highest BCUT2D eigenvalue weighted by Gasteiger charge is 2.28. The van der Waals surface area contributed by atoms with Gasteiger partial charge in [-0.05, 0) is 43.9 Å². The van der Waals surface area contributed by atoms with E-state index in [4.69, 9.17) is 4.74 Å². The van der Waals surface area contributed by atoms with E-state index in [1.165, 1.54) is 5.56 Å². The fourth-order valence-corrected chi connectivity index (χ4v) is 2.98. The quantitative estimate of drug-likeness (QED) is 0.852. The Morgan fingerprint density at radius 2 is 2.09 bits per heavy atom. The SMILES string of the molecule is Cc1ccc(OCCC2CCN(C(=O)c3ccnn3C)C2)cc1. The van der Waals surface area contributed by atoms with Crippen molar-refractivity contribution in [1.82, 2.24) is 14.7 Å². The average Bonchev–Trinajstić information content (AvgIpc) is 3.18. The minimum absolute atomic E-state index is 0.0759. The molecule has 0 aliphatic carbocycles. The summed E-state index contributed by atoms with van der Waals surface area (Å²) in [6.45, 7) is 4.39. The third-order valence-electron chi connectivity index (χ3n) is 4.43. The molecular formula is C18H23N3O2. The molecule has 1 fully saturated rings. The second-order valence-electron chi connectivity index (χ2n) is 6.20. The van der Waals surface area contributed by atoms with E-state index in [1.807, 2.05) is 17.0 Å². The maximum absolute atomic E-state index is 12.4. The number of rotatable bonds is 5. The van der Waals surface area contributed by atoms with E-state index in [9.17, 15) is 4.79 Å². The molecule has 3 rings (SSSR count).